The van der Waals surface area contributed by atoms with Crippen LogP contribution in [0.2, 0.25) is 0 Å². The molecule has 0 bridgehead atoms. The van der Waals surface area contributed by atoms with Gasteiger partial charge in [-0.15, -0.1) is 0 Å². The van der Waals surface area contributed by atoms with Gasteiger partial charge in [-0.25, -0.2) is 0 Å². The number of nitro groups is 1. The monoisotopic (exact) mass is 302 g/mol. The second kappa shape index (κ2) is 6.56. The SMILES string of the molecule is Cc1c(Br)ccc(NCCCCO)c1[N+](=O)[O-]. The molecule has 0 spiro atoms. The first kappa shape index (κ1) is 13.9. The highest BCUT2D eigenvalue weighted by Gasteiger charge is 2.18. The fourth-order valence-corrected chi connectivity index (χ4v) is 1.83. The van der Waals surface area contributed by atoms with Crippen molar-refractivity contribution in [3.8, 4) is 0 Å². The van der Waals surface area contributed by atoms with E-state index >= 15 is 0 Å². The van der Waals surface area contributed by atoms with Gasteiger partial charge in [-0.2, -0.15) is 0 Å². The zero-order valence-corrected chi connectivity index (χ0v) is 11.2. The average molecular weight is 303 g/mol. The van der Waals surface area contributed by atoms with E-state index in [4.69, 9.17) is 5.11 Å². The number of rotatable bonds is 6. The van der Waals surface area contributed by atoms with Gasteiger partial charge >= 0.3 is 0 Å². The van der Waals surface area contributed by atoms with Gasteiger partial charge in [0.2, 0.25) is 0 Å². The Kier molecular flexibility index (Phi) is 5.37. The molecule has 0 aliphatic rings. The number of hydrogen-bond donors (Lipinski definition) is 2. The first-order chi connectivity index (χ1) is 8.07. The minimum absolute atomic E-state index is 0.100. The van der Waals surface area contributed by atoms with Gasteiger partial charge in [-0.1, -0.05) is 15.9 Å². The average Bonchev–Trinajstić information content (AvgIpc) is 2.28. The Balaban J connectivity index is 2.84. The summed E-state index contributed by atoms with van der Waals surface area (Å²) in [5.41, 5.74) is 1.24. The molecule has 6 heteroatoms. The lowest BCUT2D eigenvalue weighted by atomic mass is 10.1. The zero-order chi connectivity index (χ0) is 12.8. The number of hydrogen-bond acceptors (Lipinski definition) is 4. The van der Waals surface area contributed by atoms with Gasteiger partial charge in [0.05, 0.1) is 4.92 Å². The first-order valence-corrected chi connectivity index (χ1v) is 6.15. The molecule has 0 aliphatic heterocycles. The molecule has 0 fully saturated rings. The van der Waals surface area contributed by atoms with Gasteiger partial charge in [0.15, 0.2) is 0 Å². The summed E-state index contributed by atoms with van der Waals surface area (Å²) in [4.78, 5) is 10.6. The summed E-state index contributed by atoms with van der Waals surface area (Å²) in [5, 5.41) is 22.7. The summed E-state index contributed by atoms with van der Waals surface area (Å²) >= 11 is 3.28. The number of nitrogens with one attached hydrogen (secondary N) is 1. The van der Waals surface area contributed by atoms with Crippen molar-refractivity contribution in [3.63, 3.8) is 0 Å². The van der Waals surface area contributed by atoms with E-state index in [1.54, 1.807) is 19.1 Å². The van der Waals surface area contributed by atoms with E-state index in [0.29, 0.717) is 24.2 Å². The molecule has 1 aromatic carbocycles. The van der Waals surface area contributed by atoms with E-state index in [1.807, 2.05) is 0 Å². The predicted octanol–water partition coefficient (Wildman–Crippen LogP) is 2.85. The molecule has 0 aromatic heterocycles. The highest BCUT2D eigenvalue weighted by atomic mass is 79.9. The van der Waals surface area contributed by atoms with Gasteiger partial charge in [-0.3, -0.25) is 10.1 Å². The number of anilines is 1. The molecule has 1 aromatic rings. The van der Waals surface area contributed by atoms with E-state index in [0.717, 1.165) is 10.9 Å². The number of nitrogens with zero attached hydrogens (tertiary/aromatic N) is 1. The number of halogens is 1. The van der Waals surface area contributed by atoms with Gasteiger partial charge < -0.3 is 10.4 Å². The number of unbranched alkanes of at least 4 members (excludes halogenated alkanes) is 1. The van der Waals surface area contributed by atoms with Crippen molar-refractivity contribution in [2.75, 3.05) is 18.5 Å². The van der Waals surface area contributed by atoms with Gasteiger partial charge in [0.25, 0.3) is 5.69 Å². The Morgan fingerprint density at radius 1 is 1.47 bits per heavy atom. The zero-order valence-electron chi connectivity index (χ0n) is 9.57. The molecule has 0 unspecified atom stereocenters. The topological polar surface area (TPSA) is 75.4 Å². The lowest BCUT2D eigenvalue weighted by Crippen LogP contribution is -2.06. The van der Waals surface area contributed by atoms with E-state index < -0.39 is 0 Å². The predicted molar refractivity (Wildman–Crippen MR) is 70.3 cm³/mol. The summed E-state index contributed by atoms with van der Waals surface area (Å²) in [6.45, 7) is 2.47. The number of benzene rings is 1. The van der Waals surface area contributed by atoms with Crippen LogP contribution in [-0.4, -0.2) is 23.2 Å². The van der Waals surface area contributed by atoms with Gasteiger partial charge in [-0.05, 0) is 31.9 Å². The molecular weight excluding hydrogens is 288 g/mol. The van der Waals surface area contributed by atoms with Crippen molar-refractivity contribution in [3.05, 3.63) is 32.3 Å². The molecule has 94 valence electrons. The van der Waals surface area contributed by atoms with Crippen LogP contribution in [0.25, 0.3) is 0 Å². The summed E-state index contributed by atoms with van der Waals surface area (Å²) in [7, 11) is 0. The van der Waals surface area contributed by atoms with Crippen LogP contribution in [0.1, 0.15) is 18.4 Å². The third-order valence-electron chi connectivity index (χ3n) is 2.45. The van der Waals surface area contributed by atoms with E-state index in [-0.39, 0.29) is 17.2 Å². The van der Waals surface area contributed by atoms with E-state index in [1.165, 1.54) is 0 Å². The molecule has 2 N–H and O–H groups in total. The van der Waals surface area contributed by atoms with Gasteiger partial charge in [0, 0.05) is 23.2 Å². The Bertz CT molecular complexity index is 410. The van der Waals surface area contributed by atoms with Crippen LogP contribution in [0.4, 0.5) is 11.4 Å². The molecule has 0 atom stereocenters. The van der Waals surface area contributed by atoms with Crippen LogP contribution in [0.5, 0.6) is 0 Å². The summed E-state index contributed by atoms with van der Waals surface area (Å²) < 4.78 is 0.727. The first-order valence-electron chi connectivity index (χ1n) is 5.36. The number of aliphatic hydroxyl groups is 1. The smallest absolute Gasteiger partial charge is 0.296 e. The number of nitro benzene ring substituents is 1. The van der Waals surface area contributed by atoms with Crippen LogP contribution < -0.4 is 5.32 Å². The van der Waals surface area contributed by atoms with Crippen molar-refractivity contribution >= 4 is 27.3 Å². The molecule has 0 aliphatic carbocycles. The highest BCUT2D eigenvalue weighted by molar-refractivity contribution is 9.10. The van der Waals surface area contributed by atoms with Gasteiger partial charge in [0.1, 0.15) is 5.69 Å². The summed E-state index contributed by atoms with van der Waals surface area (Å²) in [6.07, 6.45) is 1.47. The minimum atomic E-state index is -0.380. The van der Waals surface area contributed by atoms with Crippen LogP contribution in [0.15, 0.2) is 16.6 Å². The molecule has 1 rings (SSSR count). The minimum Gasteiger partial charge on any atom is -0.396 e. The molecule has 0 saturated carbocycles. The van der Waals surface area contributed by atoms with E-state index in [9.17, 15) is 10.1 Å². The molecule has 0 heterocycles. The van der Waals surface area contributed by atoms with Crippen molar-refractivity contribution in [1.82, 2.24) is 0 Å². The third kappa shape index (κ3) is 3.67. The lowest BCUT2D eigenvalue weighted by molar-refractivity contribution is -0.384. The Labute approximate surface area is 108 Å². The fraction of sp³-hybridized carbons (Fsp3) is 0.455. The van der Waals surface area contributed by atoms with Crippen LogP contribution in [-0.2, 0) is 0 Å². The molecule has 5 nitrogen and oxygen atoms in total. The molecule has 17 heavy (non-hydrogen) atoms. The second-order valence-corrected chi connectivity index (χ2v) is 4.54. The summed E-state index contributed by atoms with van der Waals surface area (Å²) in [6, 6.07) is 3.48. The Hall–Kier alpha value is -1.14. The van der Waals surface area contributed by atoms with E-state index in [2.05, 4.69) is 21.2 Å². The third-order valence-corrected chi connectivity index (χ3v) is 3.31. The van der Waals surface area contributed by atoms with Crippen LogP contribution >= 0.6 is 15.9 Å². The maximum absolute atomic E-state index is 11.0. The summed E-state index contributed by atoms with van der Waals surface area (Å²) in [5.74, 6) is 0. The van der Waals surface area contributed by atoms with Crippen molar-refractivity contribution in [1.29, 1.82) is 0 Å². The Morgan fingerprint density at radius 3 is 2.76 bits per heavy atom. The highest BCUT2D eigenvalue weighted by Crippen LogP contribution is 2.33. The standard InChI is InChI=1S/C11H15BrN2O3/c1-8-9(12)4-5-10(11(8)14(16)17)13-6-2-3-7-15/h4-5,13,15H,2-3,6-7H2,1H3. The molecule has 0 radical (unpaired) electrons. The van der Waals surface area contributed by atoms with Crippen molar-refractivity contribution < 1.29 is 10.0 Å². The normalized spacial score (nSPS) is 10.3. The maximum atomic E-state index is 11.0. The second-order valence-electron chi connectivity index (χ2n) is 3.68. The molecule has 0 saturated heterocycles. The fourth-order valence-electron chi connectivity index (χ4n) is 1.51. The van der Waals surface area contributed by atoms with Crippen LogP contribution in [0.3, 0.4) is 0 Å². The quantitative estimate of drug-likeness (QED) is 0.481. The van der Waals surface area contributed by atoms with Crippen LogP contribution in [0, 0.1) is 17.0 Å². The lowest BCUT2D eigenvalue weighted by Gasteiger charge is -2.09. The van der Waals surface area contributed by atoms with Crippen molar-refractivity contribution in [2.45, 2.75) is 19.8 Å². The Morgan fingerprint density at radius 2 is 2.18 bits per heavy atom. The van der Waals surface area contributed by atoms with Crippen molar-refractivity contribution in [2.24, 2.45) is 0 Å². The molecule has 0 amide bonds. The largest absolute Gasteiger partial charge is 0.396 e. The maximum Gasteiger partial charge on any atom is 0.296 e. The molecular formula is C11H15BrN2O3. The number of aliphatic hydroxyl groups excluding tert-OH is 1.